The maximum atomic E-state index is 13.1. The van der Waals surface area contributed by atoms with Crippen LogP contribution in [0.15, 0.2) is 40.1 Å². The number of amides is 1. The van der Waals surface area contributed by atoms with Crippen molar-refractivity contribution in [3.05, 3.63) is 52.6 Å². The molecular weight excluding hydrogens is 420 g/mol. The number of carbonyl (C=O) groups is 1. The standard InChI is InChI=1S/C22H26N2O4S2/c1-15-10-16(2)19(17(3)11-15)13-24-20-12-18(4-5-21(20)29-14-22(24)25)30(26,27)23-6-8-28-9-7-23/h4-5,10-12H,6-9,13-14H2,1-3H3. The van der Waals surface area contributed by atoms with Gasteiger partial charge in [-0.1, -0.05) is 17.7 Å². The van der Waals surface area contributed by atoms with E-state index in [-0.39, 0.29) is 10.8 Å². The topological polar surface area (TPSA) is 66.9 Å². The van der Waals surface area contributed by atoms with Gasteiger partial charge >= 0.3 is 0 Å². The van der Waals surface area contributed by atoms with Crippen LogP contribution in [0, 0.1) is 20.8 Å². The Morgan fingerprint density at radius 2 is 1.70 bits per heavy atom. The first-order valence-corrected chi connectivity index (χ1v) is 12.4. The van der Waals surface area contributed by atoms with E-state index in [4.69, 9.17) is 4.74 Å². The molecule has 0 unspecified atom stereocenters. The van der Waals surface area contributed by atoms with Gasteiger partial charge in [0.15, 0.2) is 0 Å². The van der Waals surface area contributed by atoms with Crippen molar-refractivity contribution in [2.45, 2.75) is 37.1 Å². The minimum Gasteiger partial charge on any atom is -0.379 e. The van der Waals surface area contributed by atoms with Gasteiger partial charge in [0.2, 0.25) is 15.9 Å². The third-order valence-corrected chi connectivity index (χ3v) is 8.58. The third-order valence-electron chi connectivity index (χ3n) is 5.64. The van der Waals surface area contributed by atoms with Gasteiger partial charge in [-0.25, -0.2) is 8.42 Å². The summed E-state index contributed by atoms with van der Waals surface area (Å²) in [5.41, 5.74) is 5.24. The summed E-state index contributed by atoms with van der Waals surface area (Å²) in [5.74, 6) is 0.347. The number of morpholine rings is 1. The van der Waals surface area contributed by atoms with Gasteiger partial charge in [0.05, 0.1) is 36.1 Å². The van der Waals surface area contributed by atoms with E-state index in [9.17, 15) is 13.2 Å². The van der Waals surface area contributed by atoms with E-state index >= 15 is 0 Å². The van der Waals surface area contributed by atoms with Crippen molar-refractivity contribution in [2.24, 2.45) is 0 Å². The van der Waals surface area contributed by atoms with E-state index in [0.29, 0.717) is 44.3 Å². The number of rotatable bonds is 4. The van der Waals surface area contributed by atoms with E-state index in [1.807, 2.05) is 6.07 Å². The van der Waals surface area contributed by atoms with Crippen LogP contribution in [-0.2, 0) is 26.1 Å². The van der Waals surface area contributed by atoms with Crippen LogP contribution in [0.1, 0.15) is 22.3 Å². The molecule has 2 aromatic rings. The zero-order valence-electron chi connectivity index (χ0n) is 17.5. The van der Waals surface area contributed by atoms with Gasteiger partial charge < -0.3 is 9.64 Å². The maximum absolute atomic E-state index is 13.1. The number of fused-ring (bicyclic) bond motifs is 1. The quantitative estimate of drug-likeness (QED) is 0.721. The average molecular weight is 447 g/mol. The molecule has 8 heteroatoms. The molecule has 2 aliphatic heterocycles. The number of sulfonamides is 1. The van der Waals surface area contributed by atoms with Gasteiger partial charge in [-0.2, -0.15) is 4.31 Å². The molecule has 1 saturated heterocycles. The largest absolute Gasteiger partial charge is 0.379 e. The van der Waals surface area contributed by atoms with Gasteiger partial charge in [-0.3, -0.25) is 4.79 Å². The second-order valence-electron chi connectivity index (χ2n) is 7.79. The maximum Gasteiger partial charge on any atom is 0.243 e. The molecule has 2 aromatic carbocycles. The van der Waals surface area contributed by atoms with E-state index in [1.54, 1.807) is 17.0 Å². The zero-order chi connectivity index (χ0) is 21.5. The Kier molecular flexibility index (Phi) is 5.94. The van der Waals surface area contributed by atoms with E-state index < -0.39 is 10.0 Å². The predicted octanol–water partition coefficient (Wildman–Crippen LogP) is 3.27. The fourth-order valence-corrected chi connectivity index (χ4v) is 6.41. The van der Waals surface area contributed by atoms with E-state index in [1.165, 1.54) is 21.6 Å². The number of thioether (sulfide) groups is 1. The molecule has 1 amide bonds. The van der Waals surface area contributed by atoms with Crippen molar-refractivity contribution in [1.82, 2.24) is 4.31 Å². The summed E-state index contributed by atoms with van der Waals surface area (Å²) < 4.78 is 33.0. The molecule has 1 fully saturated rings. The molecule has 0 bridgehead atoms. The Hall–Kier alpha value is -1.87. The zero-order valence-corrected chi connectivity index (χ0v) is 19.1. The number of hydrogen-bond acceptors (Lipinski definition) is 5. The van der Waals surface area contributed by atoms with Crippen LogP contribution >= 0.6 is 11.8 Å². The first-order chi connectivity index (χ1) is 14.3. The van der Waals surface area contributed by atoms with Crippen LogP contribution in [-0.4, -0.2) is 50.7 Å². The van der Waals surface area contributed by atoms with Crippen LogP contribution in [0.3, 0.4) is 0 Å². The van der Waals surface area contributed by atoms with Crippen molar-refractivity contribution in [3.8, 4) is 0 Å². The van der Waals surface area contributed by atoms with Gasteiger partial charge in [-0.15, -0.1) is 11.8 Å². The lowest BCUT2D eigenvalue weighted by Gasteiger charge is -2.31. The highest BCUT2D eigenvalue weighted by molar-refractivity contribution is 8.00. The molecule has 0 aromatic heterocycles. The van der Waals surface area contributed by atoms with Crippen LogP contribution in [0.2, 0.25) is 0 Å². The van der Waals surface area contributed by atoms with E-state index in [2.05, 4.69) is 32.9 Å². The normalized spacial score (nSPS) is 17.8. The van der Waals surface area contributed by atoms with Crippen LogP contribution in [0.4, 0.5) is 5.69 Å². The number of ether oxygens (including phenoxy) is 1. The SMILES string of the molecule is Cc1cc(C)c(CN2C(=O)CSc3ccc(S(=O)(=O)N4CCOCC4)cc32)c(C)c1. The smallest absolute Gasteiger partial charge is 0.243 e. The highest BCUT2D eigenvalue weighted by atomic mass is 32.2. The Bertz CT molecular complexity index is 1070. The second-order valence-corrected chi connectivity index (χ2v) is 10.7. The lowest BCUT2D eigenvalue weighted by molar-refractivity contribution is -0.116. The molecule has 2 aliphatic rings. The van der Waals surface area contributed by atoms with Crippen LogP contribution in [0.5, 0.6) is 0 Å². The Morgan fingerprint density at radius 1 is 1.03 bits per heavy atom. The lowest BCUT2D eigenvalue weighted by Crippen LogP contribution is -2.41. The molecule has 4 rings (SSSR count). The lowest BCUT2D eigenvalue weighted by atomic mass is 9.99. The molecule has 0 saturated carbocycles. The molecule has 0 aliphatic carbocycles. The molecule has 0 N–H and O–H groups in total. The molecule has 30 heavy (non-hydrogen) atoms. The molecule has 160 valence electrons. The number of aryl methyl sites for hydroxylation is 3. The molecule has 0 radical (unpaired) electrons. The van der Waals surface area contributed by atoms with Gasteiger partial charge in [0.25, 0.3) is 0 Å². The summed E-state index contributed by atoms with van der Waals surface area (Å²) in [6.07, 6.45) is 0. The van der Waals surface area contributed by atoms with Gasteiger partial charge in [0.1, 0.15) is 0 Å². The van der Waals surface area contributed by atoms with Crippen molar-refractivity contribution in [3.63, 3.8) is 0 Å². The van der Waals surface area contributed by atoms with Gasteiger partial charge in [-0.05, 0) is 55.7 Å². The Balaban J connectivity index is 1.72. The molecule has 0 spiro atoms. The molecule has 0 atom stereocenters. The third kappa shape index (κ3) is 4.01. The number of anilines is 1. The molecule has 2 heterocycles. The van der Waals surface area contributed by atoms with Crippen molar-refractivity contribution in [2.75, 3.05) is 37.0 Å². The Labute approximate surface area is 182 Å². The summed E-state index contributed by atoms with van der Waals surface area (Å²) in [6.45, 7) is 8.09. The summed E-state index contributed by atoms with van der Waals surface area (Å²) in [4.78, 5) is 15.7. The highest BCUT2D eigenvalue weighted by Gasteiger charge is 2.31. The second kappa shape index (κ2) is 8.34. The molecule has 6 nitrogen and oxygen atoms in total. The van der Waals surface area contributed by atoms with Crippen LogP contribution < -0.4 is 4.90 Å². The average Bonchev–Trinajstić information content (AvgIpc) is 2.72. The molecular formula is C22H26N2O4S2. The summed E-state index contributed by atoms with van der Waals surface area (Å²) in [5, 5.41) is 0. The summed E-state index contributed by atoms with van der Waals surface area (Å²) in [7, 11) is -3.63. The fourth-order valence-electron chi connectivity index (χ4n) is 4.07. The minimum absolute atomic E-state index is 0.00667. The summed E-state index contributed by atoms with van der Waals surface area (Å²) >= 11 is 1.46. The number of carbonyl (C=O) groups excluding carboxylic acids is 1. The Morgan fingerprint density at radius 3 is 2.37 bits per heavy atom. The van der Waals surface area contributed by atoms with Crippen molar-refractivity contribution >= 4 is 33.4 Å². The van der Waals surface area contributed by atoms with Crippen molar-refractivity contribution in [1.29, 1.82) is 0 Å². The van der Waals surface area contributed by atoms with E-state index in [0.717, 1.165) is 21.6 Å². The monoisotopic (exact) mass is 446 g/mol. The number of nitrogens with zero attached hydrogens (tertiary/aromatic N) is 2. The first-order valence-electron chi connectivity index (χ1n) is 9.99. The van der Waals surface area contributed by atoms with Crippen molar-refractivity contribution < 1.29 is 17.9 Å². The highest BCUT2D eigenvalue weighted by Crippen LogP contribution is 2.38. The number of benzene rings is 2. The fraction of sp³-hybridized carbons (Fsp3) is 0.409. The summed E-state index contributed by atoms with van der Waals surface area (Å²) in [6, 6.07) is 9.36. The first kappa shape index (κ1) is 21.4. The number of hydrogen-bond donors (Lipinski definition) is 0. The van der Waals surface area contributed by atoms with Crippen LogP contribution in [0.25, 0.3) is 0 Å². The predicted molar refractivity (Wildman–Crippen MR) is 119 cm³/mol. The minimum atomic E-state index is -3.63. The van der Waals surface area contributed by atoms with Gasteiger partial charge in [0, 0.05) is 18.0 Å².